The van der Waals surface area contributed by atoms with Gasteiger partial charge in [-0.1, -0.05) is 33.3 Å². The van der Waals surface area contributed by atoms with Gasteiger partial charge >= 0.3 is 0 Å². The largest absolute Gasteiger partial charge is 0.260 e. The first-order chi connectivity index (χ1) is 6.06. The van der Waals surface area contributed by atoms with Gasteiger partial charge in [0.15, 0.2) is 0 Å². The molecular weight excluding hydrogens is 158 g/mol. The van der Waals surface area contributed by atoms with Crippen molar-refractivity contribution in [3.63, 3.8) is 0 Å². The highest BCUT2D eigenvalue weighted by Crippen LogP contribution is 2.26. The number of pyridine rings is 1. The summed E-state index contributed by atoms with van der Waals surface area (Å²) >= 11 is 0. The second-order valence-electron chi connectivity index (χ2n) is 4.35. The normalized spacial score (nSPS) is 11.7. The summed E-state index contributed by atoms with van der Waals surface area (Å²) in [5.41, 5.74) is 2.67. The second-order valence-corrected chi connectivity index (χ2v) is 4.35. The van der Waals surface area contributed by atoms with Gasteiger partial charge in [-0.3, -0.25) is 4.98 Å². The first-order valence-corrected chi connectivity index (χ1v) is 4.99. The molecule has 0 amide bonds. The number of aromatic nitrogens is 1. The van der Waals surface area contributed by atoms with Gasteiger partial charge in [-0.15, -0.1) is 0 Å². The molecule has 0 bridgehead atoms. The molecule has 0 fully saturated rings. The smallest absolute Gasteiger partial charge is 0.0460 e. The molecule has 0 N–H and O–H groups in total. The topological polar surface area (TPSA) is 12.9 Å². The Balaban J connectivity index is 2.87. The van der Waals surface area contributed by atoms with E-state index in [9.17, 15) is 0 Å². The van der Waals surface area contributed by atoms with E-state index in [0.717, 1.165) is 0 Å². The molecule has 1 heterocycles. The molecule has 1 rings (SSSR count). The fourth-order valence-electron chi connectivity index (χ4n) is 1.62. The Morgan fingerprint density at radius 2 is 2.00 bits per heavy atom. The maximum atomic E-state index is 4.47. The first-order valence-electron chi connectivity index (χ1n) is 4.99. The van der Waals surface area contributed by atoms with Crippen molar-refractivity contribution in [2.24, 2.45) is 0 Å². The third-order valence-corrected chi connectivity index (χ3v) is 2.48. The van der Waals surface area contributed by atoms with Crippen LogP contribution in [0.4, 0.5) is 0 Å². The third-order valence-electron chi connectivity index (χ3n) is 2.48. The Hall–Kier alpha value is -0.850. The van der Waals surface area contributed by atoms with E-state index >= 15 is 0 Å². The van der Waals surface area contributed by atoms with Crippen LogP contribution in [0.3, 0.4) is 0 Å². The standard InChI is InChI=1S/C12H19N/c1-5-8-12(3,4)11-7-6-10(2)9-13-11/h6-7,9H,5,8H2,1-4H3. The molecule has 0 unspecified atom stereocenters. The van der Waals surface area contributed by atoms with Crippen LogP contribution in [-0.2, 0) is 5.41 Å². The van der Waals surface area contributed by atoms with Gasteiger partial charge in [0.1, 0.15) is 0 Å². The van der Waals surface area contributed by atoms with Gasteiger partial charge < -0.3 is 0 Å². The van der Waals surface area contributed by atoms with Crippen molar-refractivity contribution in [3.8, 4) is 0 Å². The van der Waals surface area contributed by atoms with Crippen LogP contribution in [0.1, 0.15) is 44.9 Å². The number of nitrogens with zero attached hydrogens (tertiary/aromatic N) is 1. The van der Waals surface area contributed by atoms with Crippen LogP contribution in [0.25, 0.3) is 0 Å². The van der Waals surface area contributed by atoms with E-state index in [4.69, 9.17) is 0 Å². The van der Waals surface area contributed by atoms with Crippen molar-refractivity contribution in [1.82, 2.24) is 4.98 Å². The molecule has 0 atom stereocenters. The molecule has 0 aliphatic rings. The minimum Gasteiger partial charge on any atom is -0.260 e. The Morgan fingerprint density at radius 1 is 1.31 bits per heavy atom. The zero-order valence-corrected chi connectivity index (χ0v) is 9.09. The van der Waals surface area contributed by atoms with Crippen LogP contribution in [-0.4, -0.2) is 4.98 Å². The number of hydrogen-bond donors (Lipinski definition) is 0. The maximum Gasteiger partial charge on any atom is 0.0460 e. The molecule has 0 aliphatic carbocycles. The van der Waals surface area contributed by atoms with Crippen LogP contribution >= 0.6 is 0 Å². The highest BCUT2D eigenvalue weighted by molar-refractivity contribution is 5.18. The summed E-state index contributed by atoms with van der Waals surface area (Å²) in [5, 5.41) is 0. The molecule has 72 valence electrons. The average Bonchev–Trinajstić information content (AvgIpc) is 2.05. The van der Waals surface area contributed by atoms with E-state index in [0.29, 0.717) is 0 Å². The average molecular weight is 177 g/mol. The van der Waals surface area contributed by atoms with Gasteiger partial charge in [0, 0.05) is 17.3 Å². The van der Waals surface area contributed by atoms with E-state index in [1.807, 2.05) is 6.20 Å². The summed E-state index contributed by atoms with van der Waals surface area (Å²) in [6.45, 7) is 8.81. The van der Waals surface area contributed by atoms with Crippen LogP contribution in [0, 0.1) is 6.92 Å². The zero-order chi connectivity index (χ0) is 9.90. The Kier molecular flexibility index (Phi) is 3.07. The Bertz CT molecular complexity index is 259. The van der Waals surface area contributed by atoms with Gasteiger partial charge in [0.2, 0.25) is 0 Å². The Morgan fingerprint density at radius 3 is 2.46 bits per heavy atom. The van der Waals surface area contributed by atoms with Gasteiger partial charge in [0.05, 0.1) is 0 Å². The molecule has 1 nitrogen and oxygen atoms in total. The number of rotatable bonds is 3. The SMILES string of the molecule is CCCC(C)(C)c1ccc(C)cn1. The van der Waals surface area contributed by atoms with E-state index in [1.54, 1.807) is 0 Å². The van der Waals surface area contributed by atoms with Gasteiger partial charge in [-0.05, 0) is 25.0 Å². The quantitative estimate of drug-likeness (QED) is 0.689. The summed E-state index contributed by atoms with van der Waals surface area (Å²) < 4.78 is 0. The molecule has 0 radical (unpaired) electrons. The van der Waals surface area contributed by atoms with E-state index in [2.05, 4.69) is 44.8 Å². The fraction of sp³-hybridized carbons (Fsp3) is 0.583. The molecule has 1 aromatic heterocycles. The van der Waals surface area contributed by atoms with Gasteiger partial charge in [-0.2, -0.15) is 0 Å². The van der Waals surface area contributed by atoms with Gasteiger partial charge in [0.25, 0.3) is 0 Å². The highest BCUT2D eigenvalue weighted by Gasteiger charge is 2.20. The summed E-state index contributed by atoms with van der Waals surface area (Å²) in [5.74, 6) is 0. The van der Waals surface area contributed by atoms with Crippen molar-refractivity contribution < 1.29 is 0 Å². The molecule has 0 aromatic carbocycles. The lowest BCUT2D eigenvalue weighted by Gasteiger charge is -2.23. The van der Waals surface area contributed by atoms with Crippen molar-refractivity contribution >= 4 is 0 Å². The monoisotopic (exact) mass is 177 g/mol. The van der Waals surface area contributed by atoms with Crippen LogP contribution in [0.15, 0.2) is 18.3 Å². The molecule has 0 saturated carbocycles. The number of aryl methyl sites for hydroxylation is 1. The molecule has 0 aliphatic heterocycles. The zero-order valence-electron chi connectivity index (χ0n) is 9.09. The van der Waals surface area contributed by atoms with Crippen LogP contribution in [0.5, 0.6) is 0 Å². The van der Waals surface area contributed by atoms with Crippen molar-refractivity contribution in [2.45, 2.75) is 46.0 Å². The first kappa shape index (κ1) is 10.2. The van der Waals surface area contributed by atoms with Crippen molar-refractivity contribution in [2.75, 3.05) is 0 Å². The fourth-order valence-corrected chi connectivity index (χ4v) is 1.62. The predicted molar refractivity (Wildman–Crippen MR) is 56.9 cm³/mol. The number of hydrogen-bond acceptors (Lipinski definition) is 1. The molecule has 1 heteroatoms. The summed E-state index contributed by atoms with van der Waals surface area (Å²) in [6, 6.07) is 4.28. The minimum atomic E-state index is 0.225. The van der Waals surface area contributed by atoms with E-state index in [1.165, 1.54) is 24.1 Å². The molecule has 13 heavy (non-hydrogen) atoms. The Labute approximate surface area is 81.2 Å². The lowest BCUT2D eigenvalue weighted by atomic mass is 9.84. The van der Waals surface area contributed by atoms with Crippen LogP contribution < -0.4 is 0 Å². The summed E-state index contributed by atoms with van der Waals surface area (Å²) in [7, 11) is 0. The van der Waals surface area contributed by atoms with Crippen LogP contribution in [0.2, 0.25) is 0 Å². The lowest BCUT2D eigenvalue weighted by molar-refractivity contribution is 0.459. The van der Waals surface area contributed by atoms with Gasteiger partial charge in [-0.25, -0.2) is 0 Å². The predicted octanol–water partition coefficient (Wildman–Crippen LogP) is 3.47. The van der Waals surface area contributed by atoms with Crippen molar-refractivity contribution in [3.05, 3.63) is 29.6 Å². The highest BCUT2D eigenvalue weighted by atomic mass is 14.7. The minimum absolute atomic E-state index is 0.225. The maximum absolute atomic E-state index is 4.47. The van der Waals surface area contributed by atoms with E-state index in [-0.39, 0.29) is 5.41 Å². The van der Waals surface area contributed by atoms with E-state index < -0.39 is 0 Å². The lowest BCUT2D eigenvalue weighted by Crippen LogP contribution is -2.18. The third kappa shape index (κ3) is 2.55. The molecule has 0 spiro atoms. The summed E-state index contributed by atoms with van der Waals surface area (Å²) in [4.78, 5) is 4.47. The van der Waals surface area contributed by atoms with Crippen molar-refractivity contribution in [1.29, 1.82) is 0 Å². The molecular formula is C12H19N. The summed E-state index contributed by atoms with van der Waals surface area (Å²) in [6.07, 6.45) is 4.36. The second kappa shape index (κ2) is 3.91. The molecule has 1 aromatic rings. The molecule has 0 saturated heterocycles.